The SMILES string of the molecule is CC(C)(O)c1ccc2c(I)nn(CC3CC3)c2c1. The van der Waals surface area contributed by atoms with Gasteiger partial charge in [-0.25, -0.2) is 0 Å². The first-order valence-corrected chi connectivity index (χ1v) is 7.42. The average molecular weight is 356 g/mol. The predicted octanol–water partition coefficient (Wildman–Crippen LogP) is 3.28. The fourth-order valence-corrected chi connectivity index (χ4v) is 2.91. The highest BCUT2D eigenvalue weighted by Gasteiger charge is 2.24. The summed E-state index contributed by atoms with van der Waals surface area (Å²) in [4.78, 5) is 0. The lowest BCUT2D eigenvalue weighted by Gasteiger charge is -2.17. The number of hydrogen-bond acceptors (Lipinski definition) is 2. The van der Waals surface area contributed by atoms with Crippen LogP contribution in [-0.4, -0.2) is 14.9 Å². The van der Waals surface area contributed by atoms with E-state index in [2.05, 4.69) is 44.5 Å². The van der Waals surface area contributed by atoms with E-state index in [1.165, 1.54) is 18.2 Å². The molecule has 4 heteroatoms. The fraction of sp³-hybridized carbons (Fsp3) is 0.500. The van der Waals surface area contributed by atoms with Crippen LogP contribution in [0.2, 0.25) is 0 Å². The molecule has 0 bridgehead atoms. The van der Waals surface area contributed by atoms with Crippen molar-refractivity contribution in [2.75, 3.05) is 0 Å². The minimum atomic E-state index is -0.797. The van der Waals surface area contributed by atoms with E-state index in [1.807, 2.05) is 19.9 Å². The van der Waals surface area contributed by atoms with Gasteiger partial charge in [0.1, 0.15) is 3.70 Å². The Morgan fingerprint density at radius 3 is 2.78 bits per heavy atom. The summed E-state index contributed by atoms with van der Waals surface area (Å²) < 4.78 is 3.15. The summed E-state index contributed by atoms with van der Waals surface area (Å²) >= 11 is 2.28. The maximum Gasteiger partial charge on any atom is 0.131 e. The van der Waals surface area contributed by atoms with Gasteiger partial charge in [0.2, 0.25) is 0 Å². The largest absolute Gasteiger partial charge is 0.386 e. The molecule has 0 aliphatic heterocycles. The number of aliphatic hydroxyl groups is 1. The summed E-state index contributed by atoms with van der Waals surface area (Å²) in [7, 11) is 0. The summed E-state index contributed by atoms with van der Waals surface area (Å²) in [6.07, 6.45) is 2.65. The molecule has 1 aromatic heterocycles. The molecule has 0 unspecified atom stereocenters. The van der Waals surface area contributed by atoms with Crippen LogP contribution >= 0.6 is 22.6 Å². The highest BCUT2D eigenvalue weighted by Crippen LogP contribution is 2.33. The molecule has 1 aromatic carbocycles. The van der Waals surface area contributed by atoms with Crippen LogP contribution in [0.15, 0.2) is 18.2 Å². The molecule has 1 aliphatic rings. The Labute approximate surface area is 120 Å². The van der Waals surface area contributed by atoms with Crippen molar-refractivity contribution in [3.8, 4) is 0 Å². The van der Waals surface area contributed by atoms with Crippen molar-refractivity contribution >= 4 is 33.5 Å². The molecule has 96 valence electrons. The molecular weight excluding hydrogens is 339 g/mol. The standard InChI is InChI=1S/C14H17IN2O/c1-14(2,18)10-5-6-11-12(7-10)17(16-13(11)15)8-9-3-4-9/h5-7,9,18H,3-4,8H2,1-2H3. The van der Waals surface area contributed by atoms with Gasteiger partial charge in [-0.15, -0.1) is 0 Å². The van der Waals surface area contributed by atoms with E-state index in [1.54, 1.807) is 0 Å². The van der Waals surface area contributed by atoms with Crippen LogP contribution in [0.3, 0.4) is 0 Å². The lowest BCUT2D eigenvalue weighted by Crippen LogP contribution is -2.15. The summed E-state index contributed by atoms with van der Waals surface area (Å²) in [5.74, 6) is 0.801. The molecule has 18 heavy (non-hydrogen) atoms. The van der Waals surface area contributed by atoms with E-state index >= 15 is 0 Å². The van der Waals surface area contributed by atoms with Crippen molar-refractivity contribution in [1.29, 1.82) is 0 Å². The highest BCUT2D eigenvalue weighted by atomic mass is 127. The van der Waals surface area contributed by atoms with Gasteiger partial charge in [0.05, 0.1) is 11.1 Å². The Bertz CT molecular complexity index is 594. The first-order valence-electron chi connectivity index (χ1n) is 6.34. The predicted molar refractivity (Wildman–Crippen MR) is 80.4 cm³/mol. The Morgan fingerprint density at radius 2 is 2.17 bits per heavy atom. The van der Waals surface area contributed by atoms with Gasteiger partial charge in [-0.1, -0.05) is 6.07 Å². The molecule has 0 amide bonds. The van der Waals surface area contributed by atoms with Gasteiger partial charge in [0.15, 0.2) is 0 Å². The van der Waals surface area contributed by atoms with Crippen molar-refractivity contribution < 1.29 is 5.11 Å². The third-order valence-corrected chi connectivity index (χ3v) is 4.34. The number of halogens is 1. The smallest absolute Gasteiger partial charge is 0.131 e. The lowest BCUT2D eigenvalue weighted by atomic mass is 9.97. The van der Waals surface area contributed by atoms with Crippen molar-refractivity contribution in [2.24, 2.45) is 5.92 Å². The van der Waals surface area contributed by atoms with Crippen molar-refractivity contribution in [3.05, 3.63) is 27.5 Å². The zero-order valence-corrected chi connectivity index (χ0v) is 12.8. The van der Waals surface area contributed by atoms with Gasteiger partial charge >= 0.3 is 0 Å². The molecule has 1 heterocycles. The van der Waals surface area contributed by atoms with Gasteiger partial charge in [0, 0.05) is 11.9 Å². The third-order valence-electron chi connectivity index (χ3n) is 3.54. The van der Waals surface area contributed by atoms with Gasteiger partial charge < -0.3 is 5.11 Å². The average Bonchev–Trinajstić information content (AvgIpc) is 3.04. The monoisotopic (exact) mass is 356 g/mol. The van der Waals surface area contributed by atoms with Gasteiger partial charge in [0.25, 0.3) is 0 Å². The van der Waals surface area contributed by atoms with Crippen LogP contribution in [0, 0.1) is 9.62 Å². The molecule has 1 aliphatic carbocycles. The third kappa shape index (κ3) is 2.28. The van der Waals surface area contributed by atoms with E-state index in [9.17, 15) is 5.11 Å². The van der Waals surface area contributed by atoms with Crippen LogP contribution in [0.5, 0.6) is 0 Å². The molecule has 0 radical (unpaired) electrons. The van der Waals surface area contributed by atoms with Crippen molar-refractivity contribution in [3.63, 3.8) is 0 Å². The molecule has 3 nitrogen and oxygen atoms in total. The zero-order chi connectivity index (χ0) is 12.9. The van der Waals surface area contributed by atoms with Crippen LogP contribution in [0.1, 0.15) is 32.3 Å². The van der Waals surface area contributed by atoms with Crippen LogP contribution in [0.4, 0.5) is 0 Å². The van der Waals surface area contributed by atoms with Gasteiger partial charge in [-0.3, -0.25) is 4.68 Å². The summed E-state index contributed by atoms with van der Waals surface area (Å²) in [6, 6.07) is 6.14. The molecule has 0 spiro atoms. The molecule has 3 rings (SSSR count). The van der Waals surface area contributed by atoms with Crippen LogP contribution in [-0.2, 0) is 12.1 Å². The maximum absolute atomic E-state index is 10.1. The second-order valence-electron chi connectivity index (χ2n) is 5.71. The van der Waals surface area contributed by atoms with E-state index in [4.69, 9.17) is 0 Å². The van der Waals surface area contributed by atoms with E-state index in [0.29, 0.717) is 0 Å². The van der Waals surface area contributed by atoms with Crippen molar-refractivity contribution in [1.82, 2.24) is 9.78 Å². The van der Waals surface area contributed by atoms with Gasteiger partial charge in [-0.05, 0) is 72.9 Å². The van der Waals surface area contributed by atoms with Crippen molar-refractivity contribution in [2.45, 2.75) is 38.8 Å². The number of rotatable bonds is 3. The lowest BCUT2D eigenvalue weighted by molar-refractivity contribution is 0.0787. The highest BCUT2D eigenvalue weighted by molar-refractivity contribution is 14.1. The molecule has 0 saturated heterocycles. The second kappa shape index (κ2) is 4.20. The molecular formula is C14H17IN2O. The summed E-state index contributed by atoms with van der Waals surface area (Å²) in [5, 5.41) is 15.9. The topological polar surface area (TPSA) is 38.1 Å². The van der Waals surface area contributed by atoms with Gasteiger partial charge in [-0.2, -0.15) is 5.10 Å². The quantitative estimate of drug-likeness (QED) is 0.858. The first-order chi connectivity index (χ1) is 8.45. The van der Waals surface area contributed by atoms with E-state index in [0.717, 1.165) is 27.2 Å². The van der Waals surface area contributed by atoms with Crippen LogP contribution < -0.4 is 0 Å². The Morgan fingerprint density at radius 1 is 1.44 bits per heavy atom. The number of fused-ring (bicyclic) bond motifs is 1. The van der Waals surface area contributed by atoms with Crippen LogP contribution in [0.25, 0.3) is 10.9 Å². The number of benzene rings is 1. The Balaban J connectivity index is 2.11. The fourth-order valence-electron chi connectivity index (χ4n) is 2.20. The minimum absolute atomic E-state index is 0.797. The molecule has 0 atom stereocenters. The minimum Gasteiger partial charge on any atom is -0.386 e. The second-order valence-corrected chi connectivity index (χ2v) is 6.73. The maximum atomic E-state index is 10.1. The summed E-state index contributed by atoms with van der Waals surface area (Å²) in [5.41, 5.74) is 1.29. The molecule has 1 N–H and O–H groups in total. The van der Waals surface area contributed by atoms with E-state index in [-0.39, 0.29) is 0 Å². The molecule has 2 aromatic rings. The summed E-state index contributed by atoms with van der Waals surface area (Å²) in [6.45, 7) is 4.65. The normalized spacial score (nSPS) is 16.4. The number of aromatic nitrogens is 2. The Hall–Kier alpha value is -0.620. The first kappa shape index (κ1) is 12.4. The molecule has 1 saturated carbocycles. The Kier molecular flexibility index (Phi) is 2.90. The van der Waals surface area contributed by atoms with E-state index < -0.39 is 5.60 Å². The molecule has 1 fully saturated rings. The number of nitrogens with zero attached hydrogens (tertiary/aromatic N) is 2. The zero-order valence-electron chi connectivity index (χ0n) is 10.7. The number of hydrogen-bond donors (Lipinski definition) is 1.